The van der Waals surface area contributed by atoms with E-state index in [-0.39, 0.29) is 5.91 Å². The van der Waals surface area contributed by atoms with Crippen LogP contribution in [-0.2, 0) is 16.2 Å². The highest BCUT2D eigenvalue weighted by molar-refractivity contribution is 6.04. The van der Waals surface area contributed by atoms with Crippen LogP contribution in [0.2, 0.25) is 0 Å². The second-order valence-corrected chi connectivity index (χ2v) is 9.94. The summed E-state index contributed by atoms with van der Waals surface area (Å²) in [6.07, 6.45) is 3.86. The molecule has 4 rings (SSSR count). The number of allylic oxidation sites excluding steroid dienone is 2. The van der Waals surface area contributed by atoms with Crippen LogP contribution in [0, 0.1) is 6.92 Å². The maximum absolute atomic E-state index is 12.3. The molecule has 3 heterocycles. The van der Waals surface area contributed by atoms with Gasteiger partial charge in [-0.1, -0.05) is 17.3 Å². The van der Waals surface area contributed by atoms with E-state index in [1.54, 1.807) is 12.3 Å². The van der Waals surface area contributed by atoms with Crippen molar-refractivity contribution in [2.45, 2.75) is 72.4 Å². The van der Waals surface area contributed by atoms with E-state index in [1.165, 1.54) is 0 Å². The number of aryl methyl sites for hydroxylation is 1. The number of oxime groups is 1. The van der Waals surface area contributed by atoms with Gasteiger partial charge >= 0.3 is 0 Å². The van der Waals surface area contributed by atoms with E-state index in [4.69, 9.17) is 19.0 Å². The van der Waals surface area contributed by atoms with E-state index in [1.807, 2.05) is 33.8 Å². The minimum atomic E-state index is -0.409. The topological polar surface area (TPSA) is 86.0 Å². The number of hydrogen-bond donors (Lipinski definition) is 1. The van der Waals surface area contributed by atoms with Crippen molar-refractivity contribution in [3.8, 4) is 5.88 Å². The zero-order valence-corrected chi connectivity index (χ0v) is 21.1. The molecule has 0 atom stereocenters. The maximum atomic E-state index is 12.3. The zero-order chi connectivity index (χ0) is 25.0. The standard InChI is InChI=1S/C28H33N3O4/c1-18-8-10-20-16-22(27(30-24(20)15-18)34-28(3,4)5)23-11-9-19(2)25(35-31-23)12-13-26(32)29-17-21-7-6-14-33-21/h6-8,10,14-16H,9,11-13,17H2,1-5H3,(H,29,32). The first-order valence-corrected chi connectivity index (χ1v) is 12.0. The van der Waals surface area contributed by atoms with Crippen LogP contribution in [0.25, 0.3) is 10.9 Å². The third-order valence-electron chi connectivity index (χ3n) is 5.75. The fourth-order valence-corrected chi connectivity index (χ4v) is 3.87. The van der Waals surface area contributed by atoms with Gasteiger partial charge in [-0.2, -0.15) is 0 Å². The minimum absolute atomic E-state index is 0.0614. The predicted molar refractivity (Wildman–Crippen MR) is 136 cm³/mol. The minimum Gasteiger partial charge on any atom is -0.471 e. The van der Waals surface area contributed by atoms with Gasteiger partial charge in [0.2, 0.25) is 11.8 Å². The third kappa shape index (κ3) is 6.50. The lowest BCUT2D eigenvalue weighted by Gasteiger charge is -2.23. The Morgan fingerprint density at radius 2 is 1.97 bits per heavy atom. The molecule has 1 N–H and O–H groups in total. The van der Waals surface area contributed by atoms with Crippen molar-refractivity contribution >= 4 is 22.5 Å². The van der Waals surface area contributed by atoms with Gasteiger partial charge in [-0.25, -0.2) is 4.98 Å². The Kier molecular flexibility index (Phi) is 7.24. The molecule has 1 aliphatic rings. The number of benzene rings is 1. The molecule has 1 aromatic carbocycles. The average molecular weight is 476 g/mol. The molecular weight excluding hydrogens is 442 g/mol. The first-order chi connectivity index (χ1) is 16.7. The Morgan fingerprint density at radius 3 is 2.71 bits per heavy atom. The van der Waals surface area contributed by atoms with Crippen molar-refractivity contribution in [1.29, 1.82) is 0 Å². The molecular formula is C28H33N3O4. The molecule has 0 fully saturated rings. The van der Waals surface area contributed by atoms with Gasteiger partial charge in [0.1, 0.15) is 17.1 Å². The predicted octanol–water partition coefficient (Wildman–Crippen LogP) is 6.20. The van der Waals surface area contributed by atoms with E-state index in [2.05, 4.69) is 41.7 Å². The highest BCUT2D eigenvalue weighted by Gasteiger charge is 2.23. The number of carbonyl (C=O) groups is 1. The molecule has 0 radical (unpaired) electrons. The summed E-state index contributed by atoms with van der Waals surface area (Å²) >= 11 is 0. The van der Waals surface area contributed by atoms with Gasteiger partial charge in [-0.15, -0.1) is 0 Å². The van der Waals surface area contributed by atoms with Crippen LogP contribution in [0.5, 0.6) is 5.88 Å². The zero-order valence-electron chi connectivity index (χ0n) is 21.1. The van der Waals surface area contributed by atoms with Crippen LogP contribution in [-0.4, -0.2) is 22.2 Å². The number of furan rings is 1. The number of fused-ring (bicyclic) bond motifs is 1. The van der Waals surface area contributed by atoms with Gasteiger partial charge in [-0.3, -0.25) is 4.79 Å². The summed E-state index contributed by atoms with van der Waals surface area (Å²) in [5, 5.41) is 8.39. The van der Waals surface area contributed by atoms with Crippen molar-refractivity contribution in [2.75, 3.05) is 0 Å². The van der Waals surface area contributed by atoms with Gasteiger partial charge < -0.3 is 19.3 Å². The number of nitrogens with one attached hydrogen (secondary N) is 1. The molecule has 35 heavy (non-hydrogen) atoms. The van der Waals surface area contributed by atoms with E-state index in [0.29, 0.717) is 31.7 Å². The van der Waals surface area contributed by atoms with Crippen molar-refractivity contribution in [1.82, 2.24) is 10.3 Å². The van der Waals surface area contributed by atoms with Crippen LogP contribution < -0.4 is 10.1 Å². The Bertz CT molecular complexity index is 1270. The van der Waals surface area contributed by atoms with Crippen LogP contribution in [0.15, 0.2) is 63.6 Å². The average Bonchev–Trinajstić information content (AvgIpc) is 3.25. The number of hydrogen-bond acceptors (Lipinski definition) is 6. The normalized spacial score (nSPS) is 14.4. The van der Waals surface area contributed by atoms with Crippen LogP contribution >= 0.6 is 0 Å². The Hall–Kier alpha value is -3.61. The van der Waals surface area contributed by atoms with Gasteiger partial charge in [-0.05, 0) is 82.9 Å². The Balaban J connectivity index is 1.50. The number of rotatable bonds is 7. The molecule has 184 valence electrons. The first-order valence-electron chi connectivity index (χ1n) is 12.0. The van der Waals surface area contributed by atoms with E-state index in [0.717, 1.165) is 51.3 Å². The summed E-state index contributed by atoms with van der Waals surface area (Å²) in [7, 11) is 0. The number of aromatic nitrogens is 1. The molecule has 1 aliphatic heterocycles. The number of carbonyl (C=O) groups excluding carboxylic acids is 1. The van der Waals surface area contributed by atoms with Crippen molar-refractivity contribution in [2.24, 2.45) is 5.16 Å². The maximum Gasteiger partial charge on any atom is 0.223 e. The highest BCUT2D eigenvalue weighted by Crippen LogP contribution is 2.30. The number of pyridine rings is 1. The Morgan fingerprint density at radius 1 is 1.14 bits per heavy atom. The number of nitrogens with zero attached hydrogens (tertiary/aromatic N) is 2. The van der Waals surface area contributed by atoms with Crippen LogP contribution in [0.3, 0.4) is 0 Å². The molecule has 3 aromatic rings. The largest absolute Gasteiger partial charge is 0.471 e. The lowest BCUT2D eigenvalue weighted by Crippen LogP contribution is -2.25. The summed E-state index contributed by atoms with van der Waals surface area (Å²) in [5.41, 5.74) is 4.34. The smallest absolute Gasteiger partial charge is 0.223 e. The van der Waals surface area contributed by atoms with Crippen molar-refractivity contribution in [3.63, 3.8) is 0 Å². The fraction of sp³-hybridized carbons (Fsp3) is 0.393. The van der Waals surface area contributed by atoms with E-state index in [9.17, 15) is 4.79 Å². The molecule has 2 aromatic heterocycles. The molecule has 1 amide bonds. The molecule has 7 nitrogen and oxygen atoms in total. The molecule has 0 bridgehead atoms. The second-order valence-electron chi connectivity index (χ2n) is 9.94. The van der Waals surface area contributed by atoms with Crippen molar-refractivity contribution < 1.29 is 18.8 Å². The lowest BCUT2D eigenvalue weighted by atomic mass is 10.0. The number of amides is 1. The summed E-state index contributed by atoms with van der Waals surface area (Å²) in [6.45, 7) is 10.5. The molecule has 0 unspecified atom stereocenters. The van der Waals surface area contributed by atoms with E-state index >= 15 is 0 Å². The first kappa shape index (κ1) is 24.5. The van der Waals surface area contributed by atoms with Gasteiger partial charge in [0.15, 0.2) is 0 Å². The lowest BCUT2D eigenvalue weighted by molar-refractivity contribution is -0.121. The summed E-state index contributed by atoms with van der Waals surface area (Å²) in [6, 6.07) is 11.9. The van der Waals surface area contributed by atoms with Crippen molar-refractivity contribution in [3.05, 3.63) is 70.9 Å². The fourth-order valence-electron chi connectivity index (χ4n) is 3.87. The molecule has 7 heteroatoms. The second kappa shape index (κ2) is 10.3. The summed E-state index contributed by atoms with van der Waals surface area (Å²) < 4.78 is 11.5. The summed E-state index contributed by atoms with van der Waals surface area (Å²) in [5.74, 6) is 1.95. The molecule has 0 spiro atoms. The quantitative estimate of drug-likeness (QED) is 0.440. The third-order valence-corrected chi connectivity index (χ3v) is 5.75. The highest BCUT2D eigenvalue weighted by atomic mass is 16.6. The van der Waals surface area contributed by atoms with E-state index < -0.39 is 5.60 Å². The molecule has 0 saturated carbocycles. The van der Waals surface area contributed by atoms with Gasteiger partial charge in [0.25, 0.3) is 0 Å². The van der Waals surface area contributed by atoms with Crippen LogP contribution in [0.1, 0.15) is 70.3 Å². The Labute approximate surface area is 206 Å². The van der Waals surface area contributed by atoms with Gasteiger partial charge in [0, 0.05) is 18.2 Å². The summed E-state index contributed by atoms with van der Waals surface area (Å²) in [4.78, 5) is 23.0. The van der Waals surface area contributed by atoms with Crippen LogP contribution in [0.4, 0.5) is 0 Å². The monoisotopic (exact) mass is 475 g/mol. The number of ether oxygens (including phenoxy) is 1. The molecule has 0 saturated heterocycles. The molecule has 0 aliphatic carbocycles. The van der Waals surface area contributed by atoms with Gasteiger partial charge in [0.05, 0.1) is 29.6 Å². The SMILES string of the molecule is CC1=C(CCC(=O)NCc2ccco2)ON=C(c2cc3ccc(C)cc3nc2OC(C)(C)C)CC1.